The predicted octanol–water partition coefficient (Wildman–Crippen LogP) is 5.68. The summed E-state index contributed by atoms with van der Waals surface area (Å²) in [4.78, 5) is 26.8. The van der Waals surface area contributed by atoms with E-state index in [0.717, 1.165) is 27.0 Å². The number of hydrogen-bond acceptors (Lipinski definition) is 6. The number of thiophene rings is 1. The summed E-state index contributed by atoms with van der Waals surface area (Å²) in [6.07, 6.45) is -5.46. The fraction of sp³-hybridized carbons (Fsp3) is 0.500. The van der Waals surface area contributed by atoms with Gasteiger partial charge in [-0.25, -0.2) is 17.5 Å². The minimum atomic E-state index is -5.08. The fourth-order valence-corrected chi connectivity index (χ4v) is 7.83. The second-order valence-electron chi connectivity index (χ2n) is 10.9. The van der Waals surface area contributed by atoms with E-state index in [1.165, 1.54) is 20.5 Å². The number of sulfonamides is 1. The number of likely N-dealkylation sites (tertiary alicyclic amines) is 1. The van der Waals surface area contributed by atoms with E-state index in [9.17, 15) is 39.6 Å². The number of nitrogens with one attached hydrogen (secondary N) is 1. The van der Waals surface area contributed by atoms with Crippen LogP contribution < -0.4 is 5.73 Å². The Morgan fingerprint density at radius 2 is 1.69 bits per heavy atom. The molecule has 3 aromatic rings. The van der Waals surface area contributed by atoms with E-state index in [1.807, 2.05) is 23.7 Å². The molecule has 17 heteroatoms. The van der Waals surface area contributed by atoms with Gasteiger partial charge in [-0.2, -0.15) is 26.3 Å². The number of hydrogen-bond donors (Lipinski definition) is 3. The van der Waals surface area contributed by atoms with Gasteiger partial charge in [0.25, 0.3) is 5.91 Å². The van der Waals surface area contributed by atoms with Crippen LogP contribution in [0.4, 0.5) is 26.3 Å². The number of fused-ring (bicyclic) bond motifs is 1. The molecule has 2 aliphatic heterocycles. The van der Waals surface area contributed by atoms with Crippen molar-refractivity contribution in [1.82, 2.24) is 14.2 Å². The number of nitrogens with zero attached hydrogens (tertiary/aromatic N) is 2. The summed E-state index contributed by atoms with van der Waals surface area (Å²) in [6.45, 7) is 3.18. The highest BCUT2D eigenvalue weighted by molar-refractivity contribution is 7.89. The van der Waals surface area contributed by atoms with Crippen LogP contribution in [0.1, 0.15) is 59.3 Å². The number of rotatable bonds is 7. The maximum atomic E-state index is 13.4. The van der Waals surface area contributed by atoms with Gasteiger partial charge in [0.15, 0.2) is 0 Å². The highest BCUT2D eigenvalue weighted by Gasteiger charge is 2.45. The minimum absolute atomic E-state index is 0.0767. The van der Waals surface area contributed by atoms with Crippen LogP contribution in [0.3, 0.4) is 0 Å². The summed E-state index contributed by atoms with van der Waals surface area (Å²) in [5, 5.41) is 9.89. The van der Waals surface area contributed by atoms with Crippen molar-refractivity contribution in [3.8, 4) is 11.1 Å². The number of benzene rings is 1. The lowest BCUT2D eigenvalue weighted by Crippen LogP contribution is -2.40. The van der Waals surface area contributed by atoms with Gasteiger partial charge in [0.05, 0.1) is 16.8 Å². The molecule has 2 aromatic heterocycles. The number of carboxylic acids is 1. The van der Waals surface area contributed by atoms with Gasteiger partial charge in [-0.1, -0.05) is 0 Å². The molecule has 2 saturated heterocycles. The van der Waals surface area contributed by atoms with Crippen LogP contribution in [-0.2, 0) is 21.4 Å². The number of carbonyl (C=O) groups is 2. The van der Waals surface area contributed by atoms with Crippen LogP contribution in [0.5, 0.6) is 0 Å². The van der Waals surface area contributed by atoms with Crippen molar-refractivity contribution in [1.29, 1.82) is 0 Å². The quantitative estimate of drug-likeness (QED) is 0.274. The van der Waals surface area contributed by atoms with E-state index in [1.54, 1.807) is 13.0 Å². The van der Waals surface area contributed by atoms with Crippen molar-refractivity contribution < 1.29 is 49.5 Å². The Morgan fingerprint density at radius 1 is 1.04 bits per heavy atom. The first kappa shape index (κ1) is 34.7. The van der Waals surface area contributed by atoms with Crippen molar-refractivity contribution in [3.05, 3.63) is 45.8 Å². The molecule has 0 saturated carbocycles. The lowest BCUT2D eigenvalue weighted by molar-refractivity contribution is -0.192. The van der Waals surface area contributed by atoms with Crippen LogP contribution in [0.2, 0.25) is 0 Å². The molecule has 248 valence electrons. The van der Waals surface area contributed by atoms with Gasteiger partial charge >= 0.3 is 18.3 Å². The lowest BCUT2D eigenvalue weighted by Gasteiger charge is -2.31. The van der Waals surface area contributed by atoms with Gasteiger partial charge in [-0.3, -0.25) is 9.69 Å². The first-order valence-electron chi connectivity index (χ1n) is 14.0. The first-order valence-corrected chi connectivity index (χ1v) is 16.5. The molecule has 0 spiro atoms. The molecule has 4 heterocycles. The average Bonchev–Trinajstić information content (AvgIpc) is 3.72. The van der Waals surface area contributed by atoms with E-state index in [4.69, 9.17) is 15.6 Å². The Hall–Kier alpha value is -3.15. The van der Waals surface area contributed by atoms with Gasteiger partial charge < -0.3 is 15.8 Å². The summed E-state index contributed by atoms with van der Waals surface area (Å²) in [6, 6.07) is 4.19. The zero-order valence-corrected chi connectivity index (χ0v) is 25.7. The van der Waals surface area contributed by atoms with Crippen molar-refractivity contribution in [2.75, 3.05) is 25.4 Å². The van der Waals surface area contributed by atoms with E-state index >= 15 is 0 Å². The SMILES string of the molecule is CCS(=O)(=O)N1CCC(c2c[nH]c3c(C(N)=O)cc(-c4csc(CN5CCC[C@H]5C(F)(F)F)c4)cc23)CC1.O=C(O)C(F)(F)F. The Labute approximate surface area is 259 Å². The molecule has 45 heavy (non-hydrogen) atoms. The number of alkyl halides is 6. The number of nitrogens with two attached hydrogens (primary N) is 1. The number of halogens is 6. The molecule has 2 aliphatic rings. The standard InChI is InChI=1S/C26H31F3N4O3S2.C2HF3O2/c1-2-38(35,36)33-8-5-16(6-9-33)22-13-31-24-20(22)11-17(12-21(24)25(30)34)18-10-19(37-15-18)14-32-7-3-4-23(32)26(27,28)29;3-2(4,5)1(6)7/h10-13,15-16,23,31H,2-9,14H2,1H3,(H2,30,34);(H,6,7)/t23-;/m0./s1. The third-order valence-corrected chi connectivity index (χ3v) is 10.9. The van der Waals surface area contributed by atoms with Crippen LogP contribution in [0.25, 0.3) is 22.0 Å². The second-order valence-corrected chi connectivity index (χ2v) is 14.2. The fourth-order valence-electron chi connectivity index (χ4n) is 5.78. The third kappa shape index (κ3) is 7.99. The van der Waals surface area contributed by atoms with Gasteiger partial charge in [0, 0.05) is 36.1 Å². The monoisotopic (exact) mass is 682 g/mol. The number of H-pyrrole nitrogens is 1. The summed E-state index contributed by atoms with van der Waals surface area (Å²) >= 11 is 1.41. The number of aromatic nitrogens is 1. The van der Waals surface area contributed by atoms with Crippen LogP contribution in [-0.4, -0.2) is 83.4 Å². The van der Waals surface area contributed by atoms with E-state index < -0.39 is 40.3 Å². The minimum Gasteiger partial charge on any atom is -0.475 e. The van der Waals surface area contributed by atoms with Crippen LogP contribution in [0.15, 0.2) is 29.8 Å². The Morgan fingerprint density at radius 3 is 2.24 bits per heavy atom. The number of piperidine rings is 1. The molecule has 1 aromatic carbocycles. The van der Waals surface area contributed by atoms with Crippen molar-refractivity contribution >= 4 is 44.1 Å². The molecule has 5 rings (SSSR count). The van der Waals surface area contributed by atoms with Gasteiger partial charge in [-0.15, -0.1) is 11.3 Å². The smallest absolute Gasteiger partial charge is 0.475 e. The largest absolute Gasteiger partial charge is 0.490 e. The molecular weight excluding hydrogens is 650 g/mol. The zero-order chi connectivity index (χ0) is 33.3. The van der Waals surface area contributed by atoms with Gasteiger partial charge in [-0.05, 0) is 85.3 Å². The molecule has 0 aliphatic carbocycles. The summed E-state index contributed by atoms with van der Waals surface area (Å²) < 4.78 is 98.0. The number of carbonyl (C=O) groups excluding carboxylic acids is 1. The Balaban J connectivity index is 0.000000591. The summed E-state index contributed by atoms with van der Waals surface area (Å²) in [5.74, 6) is -3.13. The Bertz CT molecular complexity index is 1640. The predicted molar refractivity (Wildman–Crippen MR) is 156 cm³/mol. The van der Waals surface area contributed by atoms with Crippen LogP contribution in [0, 0.1) is 0 Å². The van der Waals surface area contributed by atoms with Crippen molar-refractivity contribution in [2.24, 2.45) is 5.73 Å². The summed E-state index contributed by atoms with van der Waals surface area (Å²) in [7, 11) is -3.24. The first-order chi connectivity index (χ1) is 20.9. The van der Waals surface area contributed by atoms with Crippen molar-refractivity contribution in [2.45, 2.75) is 63.5 Å². The zero-order valence-electron chi connectivity index (χ0n) is 24.0. The van der Waals surface area contributed by atoms with Crippen molar-refractivity contribution in [3.63, 3.8) is 0 Å². The second kappa shape index (κ2) is 13.3. The van der Waals surface area contributed by atoms with Crippen LogP contribution >= 0.6 is 11.3 Å². The number of aliphatic carboxylic acids is 1. The molecule has 0 unspecified atom stereocenters. The summed E-state index contributed by atoms with van der Waals surface area (Å²) in [5.41, 5.74) is 9.32. The topological polar surface area (TPSA) is 137 Å². The Kier molecular flexibility index (Phi) is 10.3. The average molecular weight is 683 g/mol. The molecule has 2 fully saturated rings. The highest BCUT2D eigenvalue weighted by Crippen LogP contribution is 2.39. The lowest BCUT2D eigenvalue weighted by atomic mass is 9.88. The number of primary amides is 1. The highest BCUT2D eigenvalue weighted by atomic mass is 32.2. The maximum Gasteiger partial charge on any atom is 0.490 e. The molecular formula is C28H32F6N4O5S2. The molecule has 0 bridgehead atoms. The van der Waals surface area contributed by atoms with Gasteiger partial charge in [0.2, 0.25) is 10.0 Å². The van der Waals surface area contributed by atoms with Gasteiger partial charge in [0.1, 0.15) is 6.04 Å². The molecule has 9 nitrogen and oxygen atoms in total. The van der Waals surface area contributed by atoms with E-state index in [-0.39, 0.29) is 24.6 Å². The molecule has 1 atom stereocenters. The molecule has 0 radical (unpaired) electrons. The van der Waals surface area contributed by atoms with E-state index in [2.05, 4.69) is 4.98 Å². The molecule has 1 amide bonds. The maximum absolute atomic E-state index is 13.4. The van der Waals surface area contributed by atoms with E-state index in [0.29, 0.717) is 50.0 Å². The number of carboxylic acid groups (broad SMARTS) is 1. The number of aromatic amines is 1. The molecule has 4 N–H and O–H groups in total. The third-order valence-electron chi connectivity index (χ3n) is 8.07. The number of amides is 1. The normalized spacial score (nSPS) is 19.0.